The van der Waals surface area contributed by atoms with Crippen LogP contribution in [0.2, 0.25) is 0 Å². The lowest BCUT2D eigenvalue weighted by Gasteiger charge is -2.67. The molecule has 3 heterocycles. The minimum absolute atomic E-state index is 0.00502. The van der Waals surface area contributed by atoms with Crippen LogP contribution in [0.3, 0.4) is 0 Å². The third-order valence-corrected chi connectivity index (χ3v) is 9.47. The molecule has 4 aliphatic rings. The van der Waals surface area contributed by atoms with Crippen molar-refractivity contribution >= 4 is 17.7 Å². The lowest BCUT2D eigenvalue weighted by Crippen LogP contribution is -2.78. The average Bonchev–Trinajstić information content (AvgIpc) is 3.57. The molecule has 8 atom stereocenters. The number of rotatable bonds is 4. The van der Waals surface area contributed by atoms with Crippen molar-refractivity contribution in [2.45, 2.75) is 63.3 Å². The molecule has 2 saturated carbocycles. The van der Waals surface area contributed by atoms with Gasteiger partial charge < -0.3 is 28.5 Å². The molecular formula is C28H30O9. The van der Waals surface area contributed by atoms with Gasteiger partial charge in [-0.2, -0.15) is 0 Å². The maximum absolute atomic E-state index is 13.4. The van der Waals surface area contributed by atoms with E-state index >= 15 is 0 Å². The number of hydrogen-bond donors (Lipinski definition) is 1. The van der Waals surface area contributed by atoms with Gasteiger partial charge in [0.05, 0.1) is 36.7 Å². The predicted octanol–water partition coefficient (Wildman–Crippen LogP) is 3.57. The summed E-state index contributed by atoms with van der Waals surface area (Å²) in [5.74, 6) is -2.70. The molecule has 2 saturated heterocycles. The normalized spacial score (nSPS) is 40.4. The molecule has 9 nitrogen and oxygen atoms in total. The van der Waals surface area contributed by atoms with Gasteiger partial charge in [-0.3, -0.25) is 4.79 Å². The molecule has 37 heavy (non-hydrogen) atoms. The fourth-order valence-electron chi connectivity index (χ4n) is 7.70. The molecule has 1 spiro atoms. The molecule has 0 amide bonds. The van der Waals surface area contributed by atoms with Gasteiger partial charge in [-0.05, 0) is 55.7 Å². The highest BCUT2D eigenvalue weighted by molar-refractivity contribution is 6.09. The number of Topliss-reactive ketones (excluding diaryl/α,β-unsaturated/α-hetero) is 1. The summed E-state index contributed by atoms with van der Waals surface area (Å²) in [5, 5.41) is 12.1. The molecule has 1 N–H and O–H groups in total. The van der Waals surface area contributed by atoms with Gasteiger partial charge in [0.25, 0.3) is 0 Å². The van der Waals surface area contributed by atoms with Crippen molar-refractivity contribution in [2.24, 2.45) is 22.7 Å². The van der Waals surface area contributed by atoms with Crippen LogP contribution in [0.5, 0.6) is 0 Å². The Morgan fingerprint density at radius 3 is 2.59 bits per heavy atom. The Morgan fingerprint density at radius 2 is 1.89 bits per heavy atom. The summed E-state index contributed by atoms with van der Waals surface area (Å²) in [5.41, 5.74) is -3.55. The molecule has 4 fully saturated rings. The summed E-state index contributed by atoms with van der Waals surface area (Å²) >= 11 is 0. The number of ketones is 1. The third-order valence-electron chi connectivity index (χ3n) is 9.47. The quantitative estimate of drug-likeness (QED) is 0.486. The minimum Gasteiger partial charge on any atom is -0.472 e. The fourth-order valence-corrected chi connectivity index (χ4v) is 7.70. The second-order valence-electron chi connectivity index (χ2n) is 10.8. The number of aliphatic hydroxyl groups is 1. The summed E-state index contributed by atoms with van der Waals surface area (Å²) in [6, 6.07) is 10.2. The number of carbonyl (C=O) groups excluding carboxylic acids is 3. The van der Waals surface area contributed by atoms with Crippen LogP contribution in [0.25, 0.3) is 0 Å². The van der Waals surface area contributed by atoms with Crippen molar-refractivity contribution in [3.8, 4) is 0 Å². The zero-order valence-corrected chi connectivity index (χ0v) is 20.8. The number of carbonyl (C=O) groups is 3. The lowest BCUT2D eigenvalue weighted by atomic mass is 9.40. The Hall–Kier alpha value is -3.01. The summed E-state index contributed by atoms with van der Waals surface area (Å²) < 4.78 is 29.1. The van der Waals surface area contributed by atoms with Crippen molar-refractivity contribution in [3.63, 3.8) is 0 Å². The van der Waals surface area contributed by atoms with Crippen LogP contribution >= 0.6 is 0 Å². The van der Waals surface area contributed by atoms with Gasteiger partial charge in [0.2, 0.25) is 11.9 Å². The van der Waals surface area contributed by atoms with Crippen LogP contribution in [-0.4, -0.2) is 48.1 Å². The smallest absolute Gasteiger partial charge is 0.346 e. The van der Waals surface area contributed by atoms with Crippen molar-refractivity contribution in [3.05, 3.63) is 60.1 Å². The fraction of sp³-hybridized carbons (Fsp3) is 0.536. The number of esters is 2. The van der Waals surface area contributed by atoms with Crippen molar-refractivity contribution in [1.29, 1.82) is 0 Å². The zero-order valence-electron chi connectivity index (χ0n) is 20.8. The van der Waals surface area contributed by atoms with Gasteiger partial charge >= 0.3 is 11.9 Å². The molecule has 9 heteroatoms. The van der Waals surface area contributed by atoms with Gasteiger partial charge in [0.1, 0.15) is 0 Å². The van der Waals surface area contributed by atoms with E-state index in [9.17, 15) is 19.5 Å². The highest BCUT2D eigenvalue weighted by Gasteiger charge is 2.81. The van der Waals surface area contributed by atoms with Crippen LogP contribution in [0.15, 0.2) is 53.3 Å². The molecule has 0 unspecified atom stereocenters. The van der Waals surface area contributed by atoms with E-state index < -0.39 is 52.7 Å². The van der Waals surface area contributed by atoms with E-state index in [0.29, 0.717) is 19.3 Å². The number of hydrogen-bond acceptors (Lipinski definition) is 9. The van der Waals surface area contributed by atoms with Crippen LogP contribution in [-0.2, 0) is 28.5 Å². The molecule has 2 aliphatic carbocycles. The van der Waals surface area contributed by atoms with E-state index in [2.05, 4.69) is 6.92 Å². The molecule has 6 rings (SSSR count). The Bertz CT molecular complexity index is 1200. The molecule has 196 valence electrons. The first kappa shape index (κ1) is 24.3. The standard InChI is InChI=1S/C28H30O9/c1-16-10-12-27-20(8-9-21(29)28(27,32)23(31)33-2)26(16)14-19(18-11-13-34-15-18)35-24(26)37-25(27)36-22(30)17-6-4-3-5-7-17/h3-7,11,13,15-16,19-20,24-25,32H,8-10,12,14H2,1-2H3/t16-,19+,20-,24-,25+,26-,27-,28-/m1/s1. The topological polar surface area (TPSA) is 122 Å². The van der Waals surface area contributed by atoms with Crippen molar-refractivity contribution in [2.75, 3.05) is 7.11 Å². The van der Waals surface area contributed by atoms with E-state index in [1.165, 1.54) is 0 Å². The van der Waals surface area contributed by atoms with E-state index in [1.54, 1.807) is 42.9 Å². The van der Waals surface area contributed by atoms with E-state index in [1.807, 2.05) is 6.07 Å². The molecule has 1 aromatic heterocycles. The Morgan fingerprint density at radius 1 is 1.11 bits per heavy atom. The molecule has 2 aromatic rings. The van der Waals surface area contributed by atoms with Gasteiger partial charge in [-0.15, -0.1) is 0 Å². The van der Waals surface area contributed by atoms with Gasteiger partial charge in [-0.1, -0.05) is 25.1 Å². The third kappa shape index (κ3) is 3.11. The maximum atomic E-state index is 13.4. The first-order chi connectivity index (χ1) is 17.8. The Kier molecular flexibility index (Phi) is 5.60. The van der Waals surface area contributed by atoms with E-state index in [4.69, 9.17) is 23.4 Å². The predicted molar refractivity (Wildman–Crippen MR) is 126 cm³/mol. The van der Waals surface area contributed by atoms with Gasteiger partial charge in [0.15, 0.2) is 12.1 Å². The van der Waals surface area contributed by atoms with Crippen LogP contribution in [0, 0.1) is 22.7 Å². The van der Waals surface area contributed by atoms with Gasteiger partial charge in [-0.25, -0.2) is 9.59 Å². The molecule has 0 radical (unpaired) electrons. The van der Waals surface area contributed by atoms with Crippen LogP contribution in [0.4, 0.5) is 0 Å². The molecule has 1 aromatic carbocycles. The molecule has 2 aliphatic heterocycles. The summed E-state index contributed by atoms with van der Waals surface area (Å²) in [6.45, 7) is 2.12. The SMILES string of the molecule is COC(=O)[C@]1(O)C(=O)CC[C@@H]2[C@]34C[C@@H](c5ccoc5)O[C@@H]3O[C@H](OC(=O)c3ccccc3)[C@@]21CC[C@H]4C. The number of furan rings is 1. The second kappa shape index (κ2) is 8.51. The second-order valence-corrected chi connectivity index (χ2v) is 10.8. The first-order valence-electron chi connectivity index (χ1n) is 12.7. The van der Waals surface area contributed by atoms with Crippen molar-refractivity contribution in [1.82, 2.24) is 0 Å². The zero-order chi connectivity index (χ0) is 26.0. The van der Waals surface area contributed by atoms with Gasteiger partial charge in [0, 0.05) is 17.4 Å². The van der Waals surface area contributed by atoms with E-state index in [-0.39, 0.29) is 30.4 Å². The molecular weight excluding hydrogens is 480 g/mol. The monoisotopic (exact) mass is 510 g/mol. The highest BCUT2D eigenvalue weighted by Crippen LogP contribution is 2.73. The number of benzene rings is 1. The summed E-state index contributed by atoms with van der Waals surface area (Å²) in [7, 11) is 1.14. The Balaban J connectivity index is 1.50. The molecule has 2 bridgehead atoms. The Labute approximate surface area is 214 Å². The largest absolute Gasteiger partial charge is 0.472 e. The van der Waals surface area contributed by atoms with Crippen molar-refractivity contribution < 1.29 is 42.9 Å². The average molecular weight is 511 g/mol. The van der Waals surface area contributed by atoms with E-state index in [0.717, 1.165) is 12.7 Å². The minimum atomic E-state index is -2.53. The lowest BCUT2D eigenvalue weighted by molar-refractivity contribution is -0.390. The maximum Gasteiger partial charge on any atom is 0.346 e. The van der Waals surface area contributed by atoms with Crippen LogP contribution in [0.1, 0.15) is 61.1 Å². The number of methoxy groups -OCH3 is 1. The first-order valence-corrected chi connectivity index (χ1v) is 12.7. The highest BCUT2D eigenvalue weighted by atomic mass is 16.8. The summed E-state index contributed by atoms with van der Waals surface area (Å²) in [6.07, 6.45) is 2.44. The van der Waals surface area contributed by atoms with Crippen LogP contribution < -0.4 is 0 Å². The summed E-state index contributed by atoms with van der Waals surface area (Å²) in [4.78, 5) is 39.9. The number of ether oxygens (including phenoxy) is 4.